The SMILES string of the molecule is COC[C@@H](N)Cc1ccc(OC)c(NS(=O)O)c1. The minimum absolute atomic E-state index is 0.115. The summed E-state index contributed by atoms with van der Waals surface area (Å²) in [7, 11) is 3.09. The average Bonchev–Trinajstić information content (AvgIpc) is 2.28. The maximum absolute atomic E-state index is 10.8. The zero-order valence-corrected chi connectivity index (χ0v) is 11.2. The fraction of sp³-hybridized carbons (Fsp3) is 0.455. The monoisotopic (exact) mass is 274 g/mol. The second-order valence-electron chi connectivity index (χ2n) is 3.81. The molecule has 7 heteroatoms. The first kappa shape index (κ1) is 14.9. The lowest BCUT2D eigenvalue weighted by Crippen LogP contribution is -2.28. The van der Waals surface area contributed by atoms with E-state index in [1.807, 2.05) is 6.07 Å². The van der Waals surface area contributed by atoms with Crippen molar-refractivity contribution in [3.8, 4) is 5.75 Å². The summed E-state index contributed by atoms with van der Waals surface area (Å²) in [6.07, 6.45) is 0.616. The van der Waals surface area contributed by atoms with Crippen LogP contribution < -0.4 is 15.2 Å². The molecule has 4 N–H and O–H groups in total. The smallest absolute Gasteiger partial charge is 0.259 e. The van der Waals surface area contributed by atoms with Crippen molar-refractivity contribution in [2.45, 2.75) is 12.5 Å². The fourth-order valence-corrected chi connectivity index (χ4v) is 1.98. The van der Waals surface area contributed by atoms with E-state index in [0.29, 0.717) is 24.5 Å². The van der Waals surface area contributed by atoms with Gasteiger partial charge in [-0.1, -0.05) is 6.07 Å². The van der Waals surface area contributed by atoms with Gasteiger partial charge < -0.3 is 15.2 Å². The summed E-state index contributed by atoms with van der Waals surface area (Å²) in [6, 6.07) is 5.21. The van der Waals surface area contributed by atoms with Crippen molar-refractivity contribution in [1.29, 1.82) is 0 Å². The minimum Gasteiger partial charge on any atom is -0.495 e. The van der Waals surface area contributed by atoms with Gasteiger partial charge in [0.25, 0.3) is 11.3 Å². The largest absolute Gasteiger partial charge is 0.495 e. The van der Waals surface area contributed by atoms with Gasteiger partial charge in [0.15, 0.2) is 0 Å². The minimum atomic E-state index is -2.14. The van der Waals surface area contributed by atoms with Crippen LogP contribution in [0.25, 0.3) is 0 Å². The number of rotatable bonds is 7. The van der Waals surface area contributed by atoms with Crippen LogP contribution in [-0.2, 0) is 22.4 Å². The highest BCUT2D eigenvalue weighted by Crippen LogP contribution is 2.26. The molecule has 0 spiro atoms. The molecule has 1 aromatic carbocycles. The number of methoxy groups -OCH3 is 2. The molecule has 0 saturated heterocycles. The number of anilines is 1. The first-order valence-corrected chi connectivity index (χ1v) is 6.46. The highest BCUT2D eigenvalue weighted by Gasteiger charge is 2.09. The number of nitrogens with two attached hydrogens (primary N) is 1. The molecule has 1 rings (SSSR count). The van der Waals surface area contributed by atoms with Gasteiger partial charge in [-0.15, -0.1) is 0 Å². The number of hydrogen-bond donors (Lipinski definition) is 3. The van der Waals surface area contributed by atoms with Gasteiger partial charge in [-0.05, 0) is 24.1 Å². The topological polar surface area (TPSA) is 93.8 Å². The van der Waals surface area contributed by atoms with E-state index in [4.69, 9.17) is 19.8 Å². The Balaban J connectivity index is 2.84. The first-order valence-electron chi connectivity index (χ1n) is 5.35. The van der Waals surface area contributed by atoms with Crippen molar-refractivity contribution in [3.05, 3.63) is 23.8 Å². The van der Waals surface area contributed by atoms with E-state index >= 15 is 0 Å². The van der Waals surface area contributed by atoms with Gasteiger partial charge >= 0.3 is 0 Å². The van der Waals surface area contributed by atoms with E-state index in [1.165, 1.54) is 7.11 Å². The number of benzene rings is 1. The van der Waals surface area contributed by atoms with E-state index in [-0.39, 0.29) is 6.04 Å². The Morgan fingerprint density at radius 2 is 2.22 bits per heavy atom. The summed E-state index contributed by atoms with van der Waals surface area (Å²) in [5.74, 6) is 0.501. The first-order chi connectivity index (χ1) is 8.56. The molecular weight excluding hydrogens is 256 g/mol. The zero-order chi connectivity index (χ0) is 13.5. The van der Waals surface area contributed by atoms with Crippen LogP contribution in [0.2, 0.25) is 0 Å². The Morgan fingerprint density at radius 1 is 1.50 bits per heavy atom. The summed E-state index contributed by atoms with van der Waals surface area (Å²) >= 11 is -2.14. The van der Waals surface area contributed by atoms with Gasteiger partial charge in [-0.3, -0.25) is 9.27 Å². The van der Waals surface area contributed by atoms with Crippen molar-refractivity contribution in [2.24, 2.45) is 5.73 Å². The molecule has 0 heterocycles. The predicted octanol–water partition coefficient (Wildman–Crippen LogP) is 0.760. The maximum atomic E-state index is 10.8. The Kier molecular flexibility index (Phi) is 6.06. The van der Waals surface area contributed by atoms with E-state index < -0.39 is 11.3 Å². The van der Waals surface area contributed by atoms with Crippen LogP contribution in [0.3, 0.4) is 0 Å². The molecule has 0 aliphatic heterocycles. The van der Waals surface area contributed by atoms with E-state index in [2.05, 4.69) is 4.72 Å². The summed E-state index contributed by atoms with van der Waals surface area (Å²) in [5.41, 5.74) is 7.25. The van der Waals surface area contributed by atoms with Gasteiger partial charge in [0.1, 0.15) is 5.75 Å². The molecule has 0 radical (unpaired) electrons. The van der Waals surface area contributed by atoms with Crippen LogP contribution in [0.5, 0.6) is 5.75 Å². The number of ether oxygens (including phenoxy) is 2. The molecule has 1 unspecified atom stereocenters. The van der Waals surface area contributed by atoms with Crippen LogP contribution in [0.1, 0.15) is 5.56 Å². The van der Waals surface area contributed by atoms with Crippen LogP contribution >= 0.6 is 0 Å². The molecule has 102 valence electrons. The molecule has 0 aliphatic rings. The summed E-state index contributed by atoms with van der Waals surface area (Å²) in [4.78, 5) is 0. The molecular formula is C11H18N2O4S. The van der Waals surface area contributed by atoms with Gasteiger partial charge in [-0.2, -0.15) is 0 Å². The van der Waals surface area contributed by atoms with Crippen molar-refractivity contribution in [3.63, 3.8) is 0 Å². The lowest BCUT2D eigenvalue weighted by molar-refractivity contribution is 0.180. The molecule has 0 amide bonds. The van der Waals surface area contributed by atoms with Gasteiger partial charge in [0.2, 0.25) is 0 Å². The van der Waals surface area contributed by atoms with Crippen molar-refractivity contribution in [1.82, 2.24) is 0 Å². The van der Waals surface area contributed by atoms with Gasteiger partial charge in [-0.25, -0.2) is 4.21 Å². The second kappa shape index (κ2) is 7.32. The number of nitrogens with one attached hydrogen (secondary N) is 1. The van der Waals surface area contributed by atoms with Crippen molar-refractivity contribution >= 4 is 17.0 Å². The third-order valence-corrected chi connectivity index (χ3v) is 2.73. The van der Waals surface area contributed by atoms with E-state index in [0.717, 1.165) is 5.56 Å². The van der Waals surface area contributed by atoms with E-state index in [9.17, 15) is 4.21 Å². The third kappa shape index (κ3) is 4.61. The Bertz CT molecular complexity index is 414. The molecule has 0 bridgehead atoms. The summed E-state index contributed by atoms with van der Waals surface area (Å²) < 4.78 is 32.1. The lowest BCUT2D eigenvalue weighted by atomic mass is 10.1. The molecule has 0 fully saturated rings. The van der Waals surface area contributed by atoms with Gasteiger partial charge in [0, 0.05) is 13.2 Å². The summed E-state index contributed by atoms with van der Waals surface area (Å²) in [5, 5.41) is 0. The van der Waals surface area contributed by atoms with Gasteiger partial charge in [0.05, 0.1) is 19.4 Å². The Morgan fingerprint density at radius 3 is 2.78 bits per heavy atom. The highest BCUT2D eigenvalue weighted by atomic mass is 32.2. The summed E-state index contributed by atoms with van der Waals surface area (Å²) in [6.45, 7) is 0.459. The van der Waals surface area contributed by atoms with Crippen molar-refractivity contribution < 1.29 is 18.2 Å². The molecule has 1 aromatic rings. The molecule has 6 nitrogen and oxygen atoms in total. The molecule has 0 aromatic heterocycles. The molecule has 18 heavy (non-hydrogen) atoms. The number of hydrogen-bond acceptors (Lipinski definition) is 4. The van der Waals surface area contributed by atoms with E-state index in [1.54, 1.807) is 19.2 Å². The zero-order valence-electron chi connectivity index (χ0n) is 10.4. The molecule has 0 saturated carbocycles. The second-order valence-corrected chi connectivity index (χ2v) is 4.51. The Hall–Kier alpha value is -1.15. The predicted molar refractivity (Wildman–Crippen MR) is 70.9 cm³/mol. The molecule has 2 atom stereocenters. The maximum Gasteiger partial charge on any atom is 0.259 e. The fourth-order valence-electron chi connectivity index (χ4n) is 1.63. The average molecular weight is 274 g/mol. The van der Waals surface area contributed by atoms with Crippen LogP contribution in [0.15, 0.2) is 18.2 Å². The van der Waals surface area contributed by atoms with Crippen molar-refractivity contribution in [2.75, 3.05) is 25.5 Å². The normalized spacial score (nSPS) is 14.0. The standard InChI is InChI=1S/C11H18N2O4S/c1-16-7-9(12)5-8-3-4-11(17-2)10(6-8)13-18(14)15/h3-4,6,9,13H,5,7,12H2,1-2H3,(H,14,15)/t9-/m0/s1. The van der Waals surface area contributed by atoms with Crippen LogP contribution in [0.4, 0.5) is 5.69 Å². The van der Waals surface area contributed by atoms with Crippen LogP contribution in [0, 0.1) is 0 Å². The highest BCUT2D eigenvalue weighted by molar-refractivity contribution is 7.80. The quantitative estimate of drug-likeness (QED) is 0.638. The Labute approximate surface area is 109 Å². The van der Waals surface area contributed by atoms with Crippen LogP contribution in [-0.4, -0.2) is 35.6 Å². The third-order valence-electron chi connectivity index (χ3n) is 2.34. The molecule has 0 aliphatic carbocycles. The lowest BCUT2D eigenvalue weighted by Gasteiger charge is -2.13.